The normalized spacial score (nSPS) is 31.1. The van der Waals surface area contributed by atoms with Crippen molar-refractivity contribution in [3.05, 3.63) is 0 Å². The molecule has 0 bridgehead atoms. The van der Waals surface area contributed by atoms with E-state index in [0.29, 0.717) is 5.41 Å². The van der Waals surface area contributed by atoms with Gasteiger partial charge in [-0.2, -0.15) is 0 Å². The first-order chi connectivity index (χ1) is 6.32. The highest BCUT2D eigenvalue weighted by molar-refractivity contribution is 7.97. The molecule has 1 aliphatic heterocycles. The largest absolute Gasteiger partial charge is 0.253 e. The zero-order valence-electron chi connectivity index (χ0n) is 9.45. The second kappa shape index (κ2) is 2.99. The van der Waals surface area contributed by atoms with E-state index in [4.69, 9.17) is 0 Å². The van der Waals surface area contributed by atoms with Crippen LogP contribution in [0.5, 0.6) is 0 Å². The SMILES string of the molecule is C=S(C)(=O)N1CC2(CC(C(C)C)C2)C1. The molecule has 2 aliphatic rings. The summed E-state index contributed by atoms with van der Waals surface area (Å²) in [4.78, 5) is 0. The third-order valence-electron chi connectivity index (χ3n) is 3.90. The van der Waals surface area contributed by atoms with E-state index in [1.54, 1.807) is 6.26 Å². The quantitative estimate of drug-likeness (QED) is 0.641. The standard InChI is InChI=1S/C11H21NOS/c1-9(2)10-5-11(6-10)7-12(8-11)14(3,4)13/h9-10H,3,5-8H2,1-2,4H3. The molecule has 0 aromatic carbocycles. The minimum atomic E-state index is -1.92. The summed E-state index contributed by atoms with van der Waals surface area (Å²) in [5.74, 6) is 5.46. The van der Waals surface area contributed by atoms with Crippen molar-refractivity contribution in [2.45, 2.75) is 26.7 Å². The lowest BCUT2D eigenvalue weighted by atomic mass is 9.56. The van der Waals surface area contributed by atoms with Crippen LogP contribution in [-0.4, -0.2) is 33.7 Å². The predicted molar refractivity (Wildman–Crippen MR) is 62.8 cm³/mol. The van der Waals surface area contributed by atoms with Crippen LogP contribution in [-0.2, 0) is 9.71 Å². The second-order valence-corrected chi connectivity index (χ2v) is 8.10. The van der Waals surface area contributed by atoms with E-state index < -0.39 is 9.71 Å². The Kier molecular flexibility index (Phi) is 2.24. The van der Waals surface area contributed by atoms with Crippen molar-refractivity contribution < 1.29 is 4.21 Å². The molecule has 0 amide bonds. The van der Waals surface area contributed by atoms with E-state index >= 15 is 0 Å². The molecule has 14 heavy (non-hydrogen) atoms. The van der Waals surface area contributed by atoms with Crippen LogP contribution in [0, 0.1) is 17.3 Å². The molecule has 2 rings (SSSR count). The van der Waals surface area contributed by atoms with Gasteiger partial charge in [-0.25, -0.2) is 4.31 Å². The highest BCUT2D eigenvalue weighted by Gasteiger charge is 2.53. The van der Waals surface area contributed by atoms with Gasteiger partial charge in [-0.15, -0.1) is 0 Å². The third-order valence-corrected chi connectivity index (χ3v) is 5.25. The summed E-state index contributed by atoms with van der Waals surface area (Å²) in [5.41, 5.74) is 0.533. The molecule has 1 saturated carbocycles. The Morgan fingerprint density at radius 3 is 2.29 bits per heavy atom. The molecule has 3 heteroatoms. The van der Waals surface area contributed by atoms with E-state index in [1.807, 2.05) is 4.31 Å². The number of nitrogens with zero attached hydrogens (tertiary/aromatic N) is 1. The average molecular weight is 215 g/mol. The molecular weight excluding hydrogens is 194 g/mol. The van der Waals surface area contributed by atoms with E-state index in [1.165, 1.54) is 12.8 Å². The summed E-state index contributed by atoms with van der Waals surface area (Å²) in [6, 6.07) is 0. The van der Waals surface area contributed by atoms with Crippen molar-refractivity contribution in [2.24, 2.45) is 17.3 Å². The summed E-state index contributed by atoms with van der Waals surface area (Å²) in [6.07, 6.45) is 4.44. The molecule has 2 nitrogen and oxygen atoms in total. The second-order valence-electron chi connectivity index (χ2n) is 5.67. The summed E-state index contributed by atoms with van der Waals surface area (Å²) < 4.78 is 13.7. The Bertz CT molecular complexity index is 317. The highest BCUT2D eigenvalue weighted by atomic mass is 32.2. The van der Waals surface area contributed by atoms with Crippen LogP contribution in [0.1, 0.15) is 26.7 Å². The molecule has 0 aromatic heterocycles. The van der Waals surface area contributed by atoms with Crippen LogP contribution in [0.2, 0.25) is 0 Å². The maximum absolute atomic E-state index is 11.6. The molecule has 0 radical (unpaired) electrons. The minimum absolute atomic E-state index is 0.533. The van der Waals surface area contributed by atoms with Gasteiger partial charge in [0.25, 0.3) is 0 Å². The number of hydrogen-bond donors (Lipinski definition) is 0. The summed E-state index contributed by atoms with van der Waals surface area (Å²) in [5, 5.41) is 0. The number of hydrogen-bond acceptors (Lipinski definition) is 1. The Hall–Kier alpha value is -0.0200. The van der Waals surface area contributed by atoms with E-state index in [-0.39, 0.29) is 0 Å². The van der Waals surface area contributed by atoms with Crippen molar-refractivity contribution in [3.8, 4) is 0 Å². The van der Waals surface area contributed by atoms with Crippen LogP contribution in [0.25, 0.3) is 0 Å². The van der Waals surface area contributed by atoms with Crippen LogP contribution >= 0.6 is 0 Å². The van der Waals surface area contributed by atoms with E-state index in [2.05, 4.69) is 19.7 Å². The Morgan fingerprint density at radius 1 is 1.43 bits per heavy atom. The van der Waals surface area contributed by atoms with Gasteiger partial charge in [0.15, 0.2) is 0 Å². The van der Waals surface area contributed by atoms with Gasteiger partial charge < -0.3 is 0 Å². The molecular formula is C11H21NOS. The van der Waals surface area contributed by atoms with Crippen LogP contribution in [0.4, 0.5) is 0 Å². The molecule has 1 aliphatic carbocycles. The fraction of sp³-hybridized carbons (Fsp3) is 0.909. The van der Waals surface area contributed by atoms with Gasteiger partial charge in [0.1, 0.15) is 0 Å². The fourth-order valence-corrected chi connectivity index (χ4v) is 3.85. The third kappa shape index (κ3) is 1.61. The highest BCUT2D eigenvalue weighted by Crippen LogP contribution is 2.54. The summed E-state index contributed by atoms with van der Waals surface area (Å²) in [6.45, 7) is 6.65. The van der Waals surface area contributed by atoms with Gasteiger partial charge in [-0.3, -0.25) is 4.21 Å². The zero-order valence-corrected chi connectivity index (χ0v) is 10.3. The Balaban J connectivity index is 1.86. The molecule has 1 unspecified atom stereocenters. The summed E-state index contributed by atoms with van der Waals surface area (Å²) in [7, 11) is -1.92. The lowest BCUT2D eigenvalue weighted by Crippen LogP contribution is -2.63. The van der Waals surface area contributed by atoms with Crippen LogP contribution in [0.3, 0.4) is 0 Å². The van der Waals surface area contributed by atoms with Gasteiger partial charge in [0.05, 0.1) is 0 Å². The lowest BCUT2D eigenvalue weighted by Gasteiger charge is -2.60. The topological polar surface area (TPSA) is 20.3 Å². The van der Waals surface area contributed by atoms with E-state index in [0.717, 1.165) is 24.9 Å². The first kappa shape index (κ1) is 10.5. The summed E-state index contributed by atoms with van der Waals surface area (Å²) >= 11 is 0. The van der Waals surface area contributed by atoms with E-state index in [9.17, 15) is 4.21 Å². The van der Waals surface area contributed by atoms with Crippen LogP contribution in [0.15, 0.2) is 0 Å². The van der Waals surface area contributed by atoms with Gasteiger partial charge in [-0.05, 0) is 36.0 Å². The molecule has 0 aromatic rings. The molecule has 0 N–H and O–H groups in total. The molecule has 1 atom stereocenters. The monoisotopic (exact) mass is 215 g/mol. The first-order valence-electron chi connectivity index (χ1n) is 5.40. The Labute approximate surface area is 87.8 Å². The maximum atomic E-state index is 11.6. The van der Waals surface area contributed by atoms with Crippen LogP contribution < -0.4 is 0 Å². The first-order valence-corrected chi connectivity index (χ1v) is 7.49. The number of rotatable bonds is 2. The van der Waals surface area contributed by atoms with Crippen molar-refractivity contribution in [3.63, 3.8) is 0 Å². The molecule has 1 heterocycles. The van der Waals surface area contributed by atoms with Gasteiger partial charge >= 0.3 is 0 Å². The maximum Gasteiger partial charge on any atom is 0.0245 e. The zero-order chi connectivity index (χ0) is 10.6. The molecule has 2 fully saturated rings. The fourth-order valence-electron chi connectivity index (χ4n) is 2.76. The smallest absolute Gasteiger partial charge is 0.0245 e. The van der Waals surface area contributed by atoms with Gasteiger partial charge in [0, 0.05) is 29.1 Å². The van der Waals surface area contributed by atoms with Crippen molar-refractivity contribution in [1.29, 1.82) is 0 Å². The molecule has 1 saturated heterocycles. The lowest BCUT2D eigenvalue weighted by molar-refractivity contribution is -0.0659. The minimum Gasteiger partial charge on any atom is -0.253 e. The average Bonchev–Trinajstić information content (AvgIpc) is 1.74. The van der Waals surface area contributed by atoms with Crippen molar-refractivity contribution in [1.82, 2.24) is 4.31 Å². The molecule has 1 spiro atoms. The predicted octanol–water partition coefficient (Wildman–Crippen LogP) is 1.62. The Morgan fingerprint density at radius 2 is 1.93 bits per heavy atom. The van der Waals surface area contributed by atoms with Crippen molar-refractivity contribution >= 4 is 15.6 Å². The van der Waals surface area contributed by atoms with Gasteiger partial charge in [-0.1, -0.05) is 13.8 Å². The molecule has 82 valence electrons. The van der Waals surface area contributed by atoms with Gasteiger partial charge in [0.2, 0.25) is 0 Å². The van der Waals surface area contributed by atoms with Crippen molar-refractivity contribution in [2.75, 3.05) is 19.3 Å².